The monoisotopic (exact) mass is 285 g/mol. The highest BCUT2D eigenvalue weighted by Crippen LogP contribution is 2.15. The van der Waals surface area contributed by atoms with Crippen molar-refractivity contribution >= 4 is 23.5 Å². The largest absolute Gasteiger partial charge is 0.484 e. The molecule has 19 heavy (non-hydrogen) atoms. The maximum absolute atomic E-state index is 11.6. The summed E-state index contributed by atoms with van der Waals surface area (Å²) in [6.07, 6.45) is 0.458. The van der Waals surface area contributed by atoms with Gasteiger partial charge in [-0.15, -0.1) is 0 Å². The lowest BCUT2D eigenvalue weighted by atomic mass is 10.2. The molecule has 1 amide bonds. The van der Waals surface area contributed by atoms with Crippen molar-refractivity contribution in [2.24, 2.45) is 0 Å². The van der Waals surface area contributed by atoms with Crippen LogP contribution < -0.4 is 10.1 Å². The first kappa shape index (κ1) is 15.3. The van der Waals surface area contributed by atoms with E-state index < -0.39 is 12.0 Å². The number of methoxy groups -OCH3 is 1. The average Bonchev–Trinajstić information content (AvgIpc) is 2.43. The van der Waals surface area contributed by atoms with Gasteiger partial charge in [0.25, 0.3) is 5.91 Å². The number of hydrogen-bond acceptors (Lipinski definition) is 4. The third-order valence-electron chi connectivity index (χ3n) is 2.41. The first-order valence-corrected chi connectivity index (χ1v) is 6.20. The standard InChI is InChI=1S/C13H16ClNO4/c1-3-11(13(17)18-2)15-12(16)8-19-10-6-4-9(14)5-7-10/h4-7,11H,3,8H2,1-2H3,(H,15,16). The predicted octanol–water partition coefficient (Wildman–Crippen LogP) is 1.79. The number of esters is 1. The van der Waals surface area contributed by atoms with Gasteiger partial charge in [-0.05, 0) is 30.7 Å². The summed E-state index contributed by atoms with van der Waals surface area (Å²) in [5, 5.41) is 3.13. The summed E-state index contributed by atoms with van der Waals surface area (Å²) in [7, 11) is 1.28. The summed E-state index contributed by atoms with van der Waals surface area (Å²) in [6, 6.07) is 6.00. The molecule has 0 saturated carbocycles. The molecule has 104 valence electrons. The second-order valence-corrected chi connectivity index (χ2v) is 4.23. The summed E-state index contributed by atoms with van der Waals surface area (Å²) in [5.74, 6) is -0.319. The Morgan fingerprint density at radius 3 is 2.47 bits per heavy atom. The summed E-state index contributed by atoms with van der Waals surface area (Å²) in [5.41, 5.74) is 0. The molecule has 1 aromatic carbocycles. The van der Waals surface area contributed by atoms with Crippen LogP contribution in [0.5, 0.6) is 5.75 Å². The fourth-order valence-corrected chi connectivity index (χ4v) is 1.51. The van der Waals surface area contributed by atoms with Gasteiger partial charge in [-0.3, -0.25) is 4.79 Å². The van der Waals surface area contributed by atoms with E-state index in [1.807, 2.05) is 0 Å². The van der Waals surface area contributed by atoms with Crippen LogP contribution in [0.2, 0.25) is 5.02 Å². The van der Waals surface area contributed by atoms with Gasteiger partial charge in [0.05, 0.1) is 7.11 Å². The number of amides is 1. The molecule has 1 aromatic rings. The van der Waals surface area contributed by atoms with Gasteiger partial charge < -0.3 is 14.8 Å². The van der Waals surface area contributed by atoms with Crippen LogP contribution in [-0.2, 0) is 14.3 Å². The fourth-order valence-electron chi connectivity index (χ4n) is 1.39. The van der Waals surface area contributed by atoms with Gasteiger partial charge in [-0.2, -0.15) is 0 Å². The van der Waals surface area contributed by atoms with Gasteiger partial charge >= 0.3 is 5.97 Å². The number of halogens is 1. The summed E-state index contributed by atoms with van der Waals surface area (Å²) >= 11 is 5.73. The smallest absolute Gasteiger partial charge is 0.328 e. The Kier molecular flexibility index (Phi) is 6.15. The van der Waals surface area contributed by atoms with E-state index >= 15 is 0 Å². The van der Waals surface area contributed by atoms with Gasteiger partial charge in [0.15, 0.2) is 6.61 Å². The lowest BCUT2D eigenvalue weighted by molar-refractivity contribution is -0.145. The zero-order valence-electron chi connectivity index (χ0n) is 10.8. The number of carbonyl (C=O) groups excluding carboxylic acids is 2. The Hall–Kier alpha value is -1.75. The number of nitrogens with one attached hydrogen (secondary N) is 1. The van der Waals surface area contributed by atoms with E-state index in [9.17, 15) is 9.59 Å². The second-order valence-electron chi connectivity index (χ2n) is 3.79. The van der Waals surface area contributed by atoms with Crippen molar-refractivity contribution in [1.82, 2.24) is 5.32 Å². The maximum Gasteiger partial charge on any atom is 0.328 e. The van der Waals surface area contributed by atoms with Gasteiger partial charge in [-0.25, -0.2) is 4.79 Å². The van der Waals surface area contributed by atoms with Crippen molar-refractivity contribution in [3.63, 3.8) is 0 Å². The second kappa shape index (κ2) is 7.63. The average molecular weight is 286 g/mol. The topological polar surface area (TPSA) is 64.6 Å². The first-order chi connectivity index (χ1) is 9.06. The summed E-state index contributed by atoms with van der Waals surface area (Å²) in [6.45, 7) is 1.61. The van der Waals surface area contributed by atoms with E-state index in [1.165, 1.54) is 7.11 Å². The fraction of sp³-hybridized carbons (Fsp3) is 0.385. The van der Waals surface area contributed by atoms with E-state index in [2.05, 4.69) is 10.1 Å². The minimum absolute atomic E-state index is 0.172. The van der Waals surface area contributed by atoms with Crippen LogP contribution in [0.15, 0.2) is 24.3 Å². The molecule has 0 bridgehead atoms. The number of carbonyl (C=O) groups is 2. The molecule has 0 saturated heterocycles. The van der Waals surface area contributed by atoms with Crippen molar-refractivity contribution in [3.05, 3.63) is 29.3 Å². The Balaban J connectivity index is 2.42. The number of ether oxygens (including phenoxy) is 2. The molecule has 0 aromatic heterocycles. The number of rotatable bonds is 6. The normalized spacial score (nSPS) is 11.5. The van der Waals surface area contributed by atoms with Crippen molar-refractivity contribution in [3.8, 4) is 5.75 Å². The molecule has 0 spiro atoms. The summed E-state index contributed by atoms with van der Waals surface area (Å²) in [4.78, 5) is 22.9. The van der Waals surface area contributed by atoms with Crippen molar-refractivity contribution in [2.75, 3.05) is 13.7 Å². The van der Waals surface area contributed by atoms with Gasteiger partial charge in [0.2, 0.25) is 0 Å². The third kappa shape index (κ3) is 5.18. The summed E-state index contributed by atoms with van der Waals surface area (Å²) < 4.78 is 9.83. The zero-order chi connectivity index (χ0) is 14.3. The molecule has 5 nitrogen and oxygen atoms in total. The number of benzene rings is 1. The first-order valence-electron chi connectivity index (χ1n) is 5.82. The lowest BCUT2D eigenvalue weighted by Gasteiger charge is -2.14. The van der Waals surface area contributed by atoms with Crippen LogP contribution in [0.25, 0.3) is 0 Å². The van der Waals surface area contributed by atoms with Crippen molar-refractivity contribution in [1.29, 1.82) is 0 Å². The molecule has 0 aliphatic rings. The van der Waals surface area contributed by atoms with Crippen LogP contribution in [0, 0.1) is 0 Å². The van der Waals surface area contributed by atoms with Crippen LogP contribution in [0.4, 0.5) is 0 Å². The highest BCUT2D eigenvalue weighted by atomic mass is 35.5. The molecule has 1 rings (SSSR count). The Morgan fingerprint density at radius 1 is 1.32 bits per heavy atom. The lowest BCUT2D eigenvalue weighted by Crippen LogP contribution is -2.43. The van der Waals surface area contributed by atoms with Crippen molar-refractivity contribution < 1.29 is 19.1 Å². The van der Waals surface area contributed by atoms with Crippen LogP contribution in [0.1, 0.15) is 13.3 Å². The Bertz CT molecular complexity index is 433. The molecule has 0 aliphatic carbocycles. The highest BCUT2D eigenvalue weighted by molar-refractivity contribution is 6.30. The minimum Gasteiger partial charge on any atom is -0.484 e. The van der Waals surface area contributed by atoms with Gasteiger partial charge in [-0.1, -0.05) is 18.5 Å². The van der Waals surface area contributed by atoms with Gasteiger partial charge in [0.1, 0.15) is 11.8 Å². The minimum atomic E-state index is -0.647. The third-order valence-corrected chi connectivity index (χ3v) is 2.66. The Morgan fingerprint density at radius 2 is 1.95 bits per heavy atom. The molecule has 1 atom stereocenters. The van der Waals surface area contributed by atoms with Crippen molar-refractivity contribution in [2.45, 2.75) is 19.4 Å². The maximum atomic E-state index is 11.6. The zero-order valence-corrected chi connectivity index (χ0v) is 11.6. The molecule has 0 aliphatic heterocycles. The molecule has 1 unspecified atom stereocenters. The van der Waals surface area contributed by atoms with Crippen LogP contribution >= 0.6 is 11.6 Å². The molecule has 0 fully saturated rings. The molecule has 1 N–H and O–H groups in total. The number of hydrogen-bond donors (Lipinski definition) is 1. The van der Waals surface area contributed by atoms with Gasteiger partial charge in [0, 0.05) is 5.02 Å². The predicted molar refractivity (Wildman–Crippen MR) is 71.2 cm³/mol. The van der Waals surface area contributed by atoms with E-state index in [4.69, 9.17) is 16.3 Å². The van der Waals surface area contributed by atoms with E-state index in [0.29, 0.717) is 17.2 Å². The quantitative estimate of drug-likeness (QED) is 0.809. The van der Waals surface area contributed by atoms with E-state index in [1.54, 1.807) is 31.2 Å². The molecular formula is C13H16ClNO4. The molecule has 0 heterocycles. The molecule has 0 radical (unpaired) electrons. The van der Waals surface area contributed by atoms with Crippen LogP contribution in [0.3, 0.4) is 0 Å². The van der Waals surface area contributed by atoms with Crippen LogP contribution in [-0.4, -0.2) is 31.6 Å². The SMILES string of the molecule is CCC(NC(=O)COc1ccc(Cl)cc1)C(=O)OC. The highest BCUT2D eigenvalue weighted by Gasteiger charge is 2.19. The molecule has 6 heteroatoms. The Labute approximate surface area is 116 Å². The van der Waals surface area contributed by atoms with E-state index in [-0.39, 0.29) is 12.5 Å². The van der Waals surface area contributed by atoms with E-state index in [0.717, 1.165) is 0 Å². The molecular weight excluding hydrogens is 270 g/mol.